The number of nitrogens with zero attached hydrogens (tertiary/aromatic N) is 2. The molecular weight excluding hydrogens is 204 g/mol. The lowest BCUT2D eigenvalue weighted by atomic mass is 10.4. The molecule has 1 rings (SSSR count). The molecule has 0 aromatic heterocycles. The molecule has 0 aromatic rings. The molecule has 1 fully saturated rings. The Morgan fingerprint density at radius 1 is 0.938 bits per heavy atom. The summed E-state index contributed by atoms with van der Waals surface area (Å²) in [5.41, 5.74) is 0. The Hall–Kier alpha value is -0.160. The lowest BCUT2D eigenvalue weighted by molar-refractivity contribution is 0.113. The van der Waals surface area contributed by atoms with E-state index in [0.717, 1.165) is 46.0 Å². The third-order valence-electron chi connectivity index (χ3n) is 3.05. The summed E-state index contributed by atoms with van der Waals surface area (Å²) in [6.07, 6.45) is 1.26. The first-order valence-electron chi connectivity index (χ1n) is 6.38. The van der Waals surface area contributed by atoms with Gasteiger partial charge in [0.2, 0.25) is 0 Å². The Balaban J connectivity index is 2.13. The van der Waals surface area contributed by atoms with Crippen LogP contribution in [0.15, 0.2) is 0 Å². The average molecular weight is 230 g/mol. The van der Waals surface area contributed by atoms with Crippen molar-refractivity contribution in [3.8, 4) is 0 Å². The fourth-order valence-corrected chi connectivity index (χ4v) is 2.03. The van der Waals surface area contributed by atoms with Crippen LogP contribution in [0.2, 0.25) is 0 Å². The third-order valence-corrected chi connectivity index (χ3v) is 3.05. The summed E-state index contributed by atoms with van der Waals surface area (Å²) in [6, 6.07) is 0. The maximum atomic E-state index is 5.39. The first kappa shape index (κ1) is 13.9. The molecule has 1 saturated heterocycles. The van der Waals surface area contributed by atoms with E-state index >= 15 is 0 Å². The summed E-state index contributed by atoms with van der Waals surface area (Å²) in [4.78, 5) is 4.99. The van der Waals surface area contributed by atoms with Crippen LogP contribution >= 0.6 is 0 Å². The van der Waals surface area contributed by atoms with E-state index < -0.39 is 0 Å². The number of ether oxygens (including phenoxy) is 2. The highest BCUT2D eigenvalue weighted by atomic mass is 16.5. The SMILES string of the molecule is CCOCCN1CCCN(CCOC)CC1. The van der Waals surface area contributed by atoms with E-state index in [9.17, 15) is 0 Å². The van der Waals surface area contributed by atoms with Crippen LogP contribution < -0.4 is 0 Å². The van der Waals surface area contributed by atoms with E-state index in [4.69, 9.17) is 9.47 Å². The largest absolute Gasteiger partial charge is 0.383 e. The highest BCUT2D eigenvalue weighted by Gasteiger charge is 2.13. The zero-order valence-electron chi connectivity index (χ0n) is 10.8. The summed E-state index contributed by atoms with van der Waals surface area (Å²) in [7, 11) is 1.77. The molecule has 16 heavy (non-hydrogen) atoms. The molecule has 0 aliphatic carbocycles. The van der Waals surface area contributed by atoms with Crippen LogP contribution in [0.3, 0.4) is 0 Å². The van der Waals surface area contributed by atoms with Crippen molar-refractivity contribution in [3.63, 3.8) is 0 Å². The number of hydrogen-bond donors (Lipinski definition) is 0. The van der Waals surface area contributed by atoms with Crippen molar-refractivity contribution >= 4 is 0 Å². The highest BCUT2D eigenvalue weighted by Crippen LogP contribution is 2.02. The lowest BCUT2D eigenvalue weighted by Gasteiger charge is -2.21. The average Bonchev–Trinajstić information content (AvgIpc) is 2.52. The van der Waals surface area contributed by atoms with Gasteiger partial charge in [-0.2, -0.15) is 0 Å². The summed E-state index contributed by atoms with van der Waals surface area (Å²) >= 11 is 0. The van der Waals surface area contributed by atoms with Gasteiger partial charge in [0.1, 0.15) is 0 Å². The van der Waals surface area contributed by atoms with Gasteiger partial charge in [-0.25, -0.2) is 0 Å². The number of rotatable bonds is 7. The maximum absolute atomic E-state index is 5.39. The molecule has 0 unspecified atom stereocenters. The molecule has 0 aromatic carbocycles. The zero-order chi connectivity index (χ0) is 11.6. The van der Waals surface area contributed by atoms with E-state index in [1.165, 1.54) is 19.5 Å². The second-order valence-corrected chi connectivity index (χ2v) is 4.23. The maximum Gasteiger partial charge on any atom is 0.0593 e. The van der Waals surface area contributed by atoms with Crippen LogP contribution in [-0.4, -0.2) is 76.0 Å². The minimum Gasteiger partial charge on any atom is -0.383 e. The Bertz CT molecular complexity index is 167. The van der Waals surface area contributed by atoms with Crippen molar-refractivity contribution in [1.82, 2.24) is 9.80 Å². The fourth-order valence-electron chi connectivity index (χ4n) is 2.03. The van der Waals surface area contributed by atoms with Gasteiger partial charge >= 0.3 is 0 Å². The highest BCUT2D eigenvalue weighted by molar-refractivity contribution is 4.69. The molecule has 1 aliphatic heterocycles. The molecule has 1 heterocycles. The normalized spacial score (nSPS) is 19.9. The molecule has 0 amide bonds. The molecule has 0 radical (unpaired) electrons. The van der Waals surface area contributed by atoms with E-state index in [1.54, 1.807) is 7.11 Å². The van der Waals surface area contributed by atoms with Crippen molar-refractivity contribution in [2.24, 2.45) is 0 Å². The standard InChI is InChI=1S/C12H26N2O2/c1-3-16-12-10-14-6-4-5-13(7-8-14)9-11-15-2/h3-12H2,1-2H3. The fraction of sp³-hybridized carbons (Fsp3) is 1.00. The monoisotopic (exact) mass is 230 g/mol. The van der Waals surface area contributed by atoms with Crippen molar-refractivity contribution in [2.45, 2.75) is 13.3 Å². The first-order valence-corrected chi connectivity index (χ1v) is 6.38. The van der Waals surface area contributed by atoms with Gasteiger partial charge in [0, 0.05) is 39.9 Å². The van der Waals surface area contributed by atoms with Crippen LogP contribution in [0.25, 0.3) is 0 Å². The van der Waals surface area contributed by atoms with Gasteiger partial charge in [-0.3, -0.25) is 9.80 Å². The summed E-state index contributed by atoms with van der Waals surface area (Å²) < 4.78 is 10.5. The van der Waals surface area contributed by atoms with E-state index in [2.05, 4.69) is 16.7 Å². The Kier molecular flexibility index (Phi) is 7.76. The van der Waals surface area contributed by atoms with Gasteiger partial charge in [-0.15, -0.1) is 0 Å². The Morgan fingerprint density at radius 2 is 1.56 bits per heavy atom. The van der Waals surface area contributed by atoms with Crippen LogP contribution in [0.5, 0.6) is 0 Å². The molecule has 4 heteroatoms. The van der Waals surface area contributed by atoms with Gasteiger partial charge < -0.3 is 9.47 Å². The minimum atomic E-state index is 0.827. The van der Waals surface area contributed by atoms with Crippen LogP contribution in [-0.2, 0) is 9.47 Å². The molecule has 1 aliphatic rings. The summed E-state index contributed by atoms with van der Waals surface area (Å²) in [5.74, 6) is 0. The Labute approximate surface area is 99.5 Å². The van der Waals surface area contributed by atoms with E-state index in [0.29, 0.717) is 0 Å². The van der Waals surface area contributed by atoms with Gasteiger partial charge in [0.15, 0.2) is 0 Å². The predicted molar refractivity (Wildman–Crippen MR) is 65.9 cm³/mol. The van der Waals surface area contributed by atoms with Gasteiger partial charge in [-0.05, 0) is 26.4 Å². The molecule has 96 valence electrons. The lowest BCUT2D eigenvalue weighted by Crippen LogP contribution is -2.34. The molecule has 0 atom stereocenters. The second-order valence-electron chi connectivity index (χ2n) is 4.23. The number of hydrogen-bond acceptors (Lipinski definition) is 4. The summed E-state index contributed by atoms with van der Waals surface area (Å²) in [6.45, 7) is 11.5. The smallest absolute Gasteiger partial charge is 0.0593 e. The second kappa shape index (κ2) is 8.93. The van der Waals surface area contributed by atoms with Crippen LogP contribution in [0.4, 0.5) is 0 Å². The first-order chi connectivity index (χ1) is 7.86. The van der Waals surface area contributed by atoms with Crippen molar-refractivity contribution < 1.29 is 9.47 Å². The van der Waals surface area contributed by atoms with Crippen LogP contribution in [0, 0.1) is 0 Å². The van der Waals surface area contributed by atoms with Crippen molar-refractivity contribution in [2.75, 3.05) is 66.2 Å². The third kappa shape index (κ3) is 5.80. The number of methoxy groups -OCH3 is 1. The van der Waals surface area contributed by atoms with E-state index in [-0.39, 0.29) is 0 Å². The van der Waals surface area contributed by atoms with Crippen molar-refractivity contribution in [3.05, 3.63) is 0 Å². The molecule has 0 saturated carbocycles. The van der Waals surface area contributed by atoms with E-state index in [1.807, 2.05) is 0 Å². The van der Waals surface area contributed by atoms with Gasteiger partial charge in [0.05, 0.1) is 13.2 Å². The molecule has 0 N–H and O–H groups in total. The molecular formula is C12H26N2O2. The van der Waals surface area contributed by atoms with Gasteiger partial charge in [0.25, 0.3) is 0 Å². The molecule has 0 spiro atoms. The topological polar surface area (TPSA) is 24.9 Å². The predicted octanol–water partition coefficient (Wildman–Crippen LogP) is 0.677. The van der Waals surface area contributed by atoms with Crippen molar-refractivity contribution in [1.29, 1.82) is 0 Å². The summed E-state index contributed by atoms with van der Waals surface area (Å²) in [5, 5.41) is 0. The van der Waals surface area contributed by atoms with Crippen LogP contribution in [0.1, 0.15) is 13.3 Å². The Morgan fingerprint density at radius 3 is 2.12 bits per heavy atom. The quantitative estimate of drug-likeness (QED) is 0.600. The molecule has 4 nitrogen and oxygen atoms in total. The zero-order valence-corrected chi connectivity index (χ0v) is 10.8. The van der Waals surface area contributed by atoms with Gasteiger partial charge in [-0.1, -0.05) is 0 Å². The minimum absolute atomic E-state index is 0.827. The molecule has 0 bridgehead atoms.